The summed E-state index contributed by atoms with van der Waals surface area (Å²) >= 11 is 0. The molecule has 1 N–H and O–H groups in total. The summed E-state index contributed by atoms with van der Waals surface area (Å²) < 4.78 is 63.6. The van der Waals surface area contributed by atoms with E-state index < -0.39 is 21.6 Å². The van der Waals surface area contributed by atoms with Gasteiger partial charge in [-0.2, -0.15) is 13.2 Å². The van der Waals surface area contributed by atoms with Gasteiger partial charge in [-0.05, 0) is 30.2 Å². The Morgan fingerprint density at radius 1 is 1.06 bits per heavy atom. The zero-order chi connectivity index (χ0) is 22.9. The first-order chi connectivity index (χ1) is 15.1. The maximum Gasteiger partial charge on any atom is 0.416 e. The van der Waals surface area contributed by atoms with E-state index in [4.69, 9.17) is 0 Å². The molecule has 0 unspecified atom stereocenters. The molecule has 3 aromatic rings. The molecule has 2 aromatic carbocycles. The van der Waals surface area contributed by atoms with Gasteiger partial charge in [-0.3, -0.25) is 4.90 Å². The van der Waals surface area contributed by atoms with Crippen LogP contribution in [0.15, 0.2) is 59.8 Å². The van der Waals surface area contributed by atoms with Gasteiger partial charge in [0.25, 0.3) is 0 Å². The molecular formula is C22H21F3N4O2S. The first-order valence-electron chi connectivity index (χ1n) is 9.90. The van der Waals surface area contributed by atoms with Gasteiger partial charge < -0.3 is 5.32 Å². The monoisotopic (exact) mass is 462 g/mol. The summed E-state index contributed by atoms with van der Waals surface area (Å²) in [5.41, 5.74) is 1.75. The smallest absolute Gasteiger partial charge is 0.340 e. The number of halogens is 3. The van der Waals surface area contributed by atoms with Gasteiger partial charge in [-0.15, -0.1) is 0 Å². The van der Waals surface area contributed by atoms with Gasteiger partial charge in [0.15, 0.2) is 0 Å². The summed E-state index contributed by atoms with van der Waals surface area (Å²) in [5.74, 6) is 0.217. The van der Waals surface area contributed by atoms with Gasteiger partial charge in [0, 0.05) is 37.1 Å². The Kier molecular flexibility index (Phi) is 5.91. The molecule has 0 radical (unpaired) electrons. The summed E-state index contributed by atoms with van der Waals surface area (Å²) in [7, 11) is -3.72. The van der Waals surface area contributed by atoms with Crippen molar-refractivity contribution in [3.05, 3.63) is 77.0 Å². The SMILES string of the molecule is CS(=O)(=O)c1nc2c(c(Nc3cccc(C(F)(F)F)c3)n1)CCN(Cc1ccccc1)C2. The maximum atomic E-state index is 13.1. The lowest BCUT2D eigenvalue weighted by atomic mass is 10.0. The van der Waals surface area contributed by atoms with Crippen LogP contribution >= 0.6 is 0 Å². The first-order valence-corrected chi connectivity index (χ1v) is 11.8. The van der Waals surface area contributed by atoms with Crippen LogP contribution in [0.3, 0.4) is 0 Å². The number of sulfone groups is 1. The molecule has 0 spiro atoms. The van der Waals surface area contributed by atoms with E-state index in [1.807, 2.05) is 30.3 Å². The predicted octanol–water partition coefficient (Wildman–Crippen LogP) is 4.20. The van der Waals surface area contributed by atoms with Gasteiger partial charge in [0.1, 0.15) is 5.82 Å². The minimum Gasteiger partial charge on any atom is -0.340 e. The van der Waals surface area contributed by atoms with Crippen molar-refractivity contribution in [1.29, 1.82) is 0 Å². The van der Waals surface area contributed by atoms with Crippen molar-refractivity contribution in [1.82, 2.24) is 14.9 Å². The second kappa shape index (κ2) is 8.51. The number of fused-ring (bicyclic) bond motifs is 1. The van der Waals surface area contributed by atoms with Gasteiger partial charge in [0.05, 0.1) is 11.3 Å². The number of hydrogen-bond acceptors (Lipinski definition) is 6. The first kappa shape index (κ1) is 22.2. The summed E-state index contributed by atoms with van der Waals surface area (Å²) in [6, 6.07) is 14.6. The molecule has 32 heavy (non-hydrogen) atoms. The molecule has 0 atom stereocenters. The van der Waals surface area contributed by atoms with Gasteiger partial charge in [-0.1, -0.05) is 36.4 Å². The third-order valence-corrected chi connectivity index (χ3v) is 6.00. The van der Waals surface area contributed by atoms with E-state index in [0.29, 0.717) is 37.3 Å². The van der Waals surface area contributed by atoms with Crippen LogP contribution in [0, 0.1) is 0 Å². The fraction of sp³-hybridized carbons (Fsp3) is 0.273. The topological polar surface area (TPSA) is 75.2 Å². The van der Waals surface area contributed by atoms with Crippen LogP contribution in [-0.2, 0) is 35.5 Å². The second-order valence-corrected chi connectivity index (χ2v) is 9.61. The van der Waals surface area contributed by atoms with Crippen molar-refractivity contribution in [2.75, 3.05) is 18.1 Å². The predicted molar refractivity (Wildman–Crippen MR) is 114 cm³/mol. The molecule has 1 aliphatic heterocycles. The Balaban J connectivity index is 1.68. The summed E-state index contributed by atoms with van der Waals surface area (Å²) in [6.45, 7) is 1.77. The number of benzene rings is 2. The molecule has 2 heterocycles. The molecule has 168 valence electrons. The van der Waals surface area contributed by atoms with Crippen LogP contribution in [0.5, 0.6) is 0 Å². The zero-order valence-electron chi connectivity index (χ0n) is 17.2. The van der Waals surface area contributed by atoms with E-state index in [-0.39, 0.29) is 16.7 Å². The van der Waals surface area contributed by atoms with E-state index in [1.165, 1.54) is 12.1 Å². The highest BCUT2D eigenvalue weighted by molar-refractivity contribution is 7.90. The highest BCUT2D eigenvalue weighted by atomic mass is 32.2. The van der Waals surface area contributed by atoms with Crippen LogP contribution < -0.4 is 5.32 Å². The lowest BCUT2D eigenvalue weighted by Crippen LogP contribution is -2.32. The Labute approximate surface area is 184 Å². The lowest BCUT2D eigenvalue weighted by molar-refractivity contribution is -0.137. The summed E-state index contributed by atoms with van der Waals surface area (Å²) in [4.78, 5) is 10.6. The van der Waals surface area contributed by atoms with Crippen LogP contribution in [0.4, 0.5) is 24.7 Å². The Morgan fingerprint density at radius 3 is 2.50 bits per heavy atom. The van der Waals surface area contributed by atoms with E-state index in [9.17, 15) is 21.6 Å². The van der Waals surface area contributed by atoms with Crippen molar-refractivity contribution < 1.29 is 21.6 Å². The number of nitrogens with zero attached hydrogens (tertiary/aromatic N) is 3. The number of hydrogen-bond donors (Lipinski definition) is 1. The van der Waals surface area contributed by atoms with E-state index in [2.05, 4.69) is 20.2 Å². The van der Waals surface area contributed by atoms with Crippen molar-refractivity contribution >= 4 is 21.3 Å². The van der Waals surface area contributed by atoms with E-state index in [1.54, 1.807) is 0 Å². The average molecular weight is 462 g/mol. The highest BCUT2D eigenvalue weighted by Crippen LogP contribution is 2.33. The molecule has 6 nitrogen and oxygen atoms in total. The van der Waals surface area contributed by atoms with Gasteiger partial charge in [0.2, 0.25) is 15.0 Å². The Hall–Kier alpha value is -2.98. The molecule has 0 amide bonds. The molecule has 0 aliphatic carbocycles. The van der Waals surface area contributed by atoms with E-state index in [0.717, 1.165) is 24.0 Å². The van der Waals surface area contributed by atoms with Crippen LogP contribution in [0.1, 0.15) is 22.4 Å². The minimum absolute atomic E-state index is 0.173. The molecule has 1 aromatic heterocycles. The molecule has 0 fully saturated rings. The molecule has 10 heteroatoms. The highest BCUT2D eigenvalue weighted by Gasteiger charge is 2.31. The zero-order valence-corrected chi connectivity index (χ0v) is 18.0. The molecule has 4 rings (SSSR count). The summed E-state index contributed by atoms with van der Waals surface area (Å²) in [6.07, 6.45) is -2.94. The van der Waals surface area contributed by atoms with Gasteiger partial charge >= 0.3 is 6.18 Å². The molecule has 0 saturated heterocycles. The maximum absolute atomic E-state index is 13.1. The molecule has 1 aliphatic rings. The van der Waals surface area contributed by atoms with Crippen molar-refractivity contribution in [3.63, 3.8) is 0 Å². The quantitative estimate of drug-likeness (QED) is 0.573. The fourth-order valence-electron chi connectivity index (χ4n) is 3.62. The second-order valence-electron chi connectivity index (χ2n) is 7.70. The van der Waals surface area contributed by atoms with Crippen LogP contribution in [-0.4, -0.2) is 36.1 Å². The normalized spacial score (nSPS) is 14.8. The number of nitrogens with one attached hydrogen (secondary N) is 1. The molecule has 0 saturated carbocycles. The molecular weight excluding hydrogens is 441 g/mol. The Morgan fingerprint density at radius 2 is 1.81 bits per heavy atom. The third kappa shape index (κ3) is 5.08. The van der Waals surface area contributed by atoms with Crippen LogP contribution in [0.2, 0.25) is 0 Å². The van der Waals surface area contributed by atoms with Crippen molar-refractivity contribution in [3.8, 4) is 0 Å². The third-order valence-electron chi connectivity index (χ3n) is 5.16. The number of anilines is 2. The number of alkyl halides is 3. The standard InChI is InChI=1S/C22H21F3N4O2S/c1-32(30,31)21-27-19-14-29(13-15-6-3-2-4-7-15)11-10-18(19)20(28-21)26-17-9-5-8-16(12-17)22(23,24)25/h2-9,12H,10-11,13-14H2,1H3,(H,26,27,28). The molecule has 0 bridgehead atoms. The minimum atomic E-state index is -4.49. The van der Waals surface area contributed by atoms with Gasteiger partial charge in [-0.25, -0.2) is 18.4 Å². The fourth-order valence-corrected chi connectivity index (χ4v) is 4.15. The van der Waals surface area contributed by atoms with Crippen molar-refractivity contribution in [2.45, 2.75) is 30.8 Å². The summed E-state index contributed by atoms with van der Waals surface area (Å²) in [5, 5.41) is 2.53. The number of aromatic nitrogens is 2. The van der Waals surface area contributed by atoms with E-state index >= 15 is 0 Å². The number of rotatable bonds is 5. The largest absolute Gasteiger partial charge is 0.416 e. The van der Waals surface area contributed by atoms with Crippen molar-refractivity contribution in [2.24, 2.45) is 0 Å². The Bertz CT molecular complexity index is 1230. The average Bonchev–Trinajstić information content (AvgIpc) is 2.73. The lowest BCUT2D eigenvalue weighted by Gasteiger charge is -2.29. The van der Waals surface area contributed by atoms with Crippen LogP contribution in [0.25, 0.3) is 0 Å².